The van der Waals surface area contributed by atoms with Crippen LogP contribution in [0.25, 0.3) is 0 Å². The molecule has 0 unspecified atom stereocenters. The van der Waals surface area contributed by atoms with Gasteiger partial charge in [0.15, 0.2) is 0 Å². The van der Waals surface area contributed by atoms with Crippen molar-refractivity contribution in [1.82, 2.24) is 9.97 Å². The van der Waals surface area contributed by atoms with Gasteiger partial charge in [0.25, 0.3) is 0 Å². The zero-order valence-corrected chi connectivity index (χ0v) is 11.0. The maximum Gasteiger partial charge on any atom is 0.135 e. The van der Waals surface area contributed by atoms with Crippen LogP contribution < -0.4 is 0 Å². The van der Waals surface area contributed by atoms with E-state index >= 15 is 0 Å². The Balaban J connectivity index is 2.08. The molecule has 2 nitrogen and oxygen atoms in total. The van der Waals surface area contributed by atoms with Crippen LogP contribution in [0.3, 0.4) is 0 Å². The molecule has 88 valence electrons. The fourth-order valence-electron chi connectivity index (χ4n) is 1.52. The Morgan fingerprint density at radius 1 is 1.12 bits per heavy atom. The first-order valence-corrected chi connectivity index (χ1v) is 6.14. The molecule has 0 amide bonds. The highest BCUT2D eigenvalue weighted by Crippen LogP contribution is 2.17. The van der Waals surface area contributed by atoms with Gasteiger partial charge in [0.2, 0.25) is 0 Å². The van der Waals surface area contributed by atoms with Crippen molar-refractivity contribution < 1.29 is 0 Å². The van der Waals surface area contributed by atoms with Crippen molar-refractivity contribution in [2.45, 2.75) is 19.8 Å². The number of hydrogen-bond acceptors (Lipinski definition) is 2. The Hall–Kier alpha value is -1.12. The van der Waals surface area contributed by atoms with E-state index in [9.17, 15) is 0 Å². The molecule has 0 bridgehead atoms. The lowest BCUT2D eigenvalue weighted by atomic mass is 10.1. The van der Waals surface area contributed by atoms with Crippen molar-refractivity contribution in [3.8, 4) is 0 Å². The smallest absolute Gasteiger partial charge is 0.135 e. The molecule has 0 aliphatic heterocycles. The highest BCUT2D eigenvalue weighted by Gasteiger charge is 2.04. The van der Waals surface area contributed by atoms with E-state index in [4.69, 9.17) is 23.2 Å². The highest BCUT2D eigenvalue weighted by atomic mass is 35.5. The zero-order chi connectivity index (χ0) is 12.3. The molecule has 1 heterocycles. The lowest BCUT2D eigenvalue weighted by molar-refractivity contribution is 0.853. The van der Waals surface area contributed by atoms with Gasteiger partial charge in [-0.2, -0.15) is 0 Å². The van der Waals surface area contributed by atoms with Gasteiger partial charge in [-0.3, -0.25) is 0 Å². The molecule has 1 aromatic carbocycles. The third-order valence-electron chi connectivity index (χ3n) is 2.54. The molecule has 0 radical (unpaired) electrons. The number of benzene rings is 1. The monoisotopic (exact) mass is 266 g/mol. The Kier molecular flexibility index (Phi) is 3.97. The van der Waals surface area contributed by atoms with Crippen LogP contribution in [0, 0.1) is 6.92 Å². The van der Waals surface area contributed by atoms with Gasteiger partial charge in [-0.1, -0.05) is 41.4 Å². The van der Waals surface area contributed by atoms with Crippen molar-refractivity contribution in [3.05, 3.63) is 57.6 Å². The molecule has 0 aliphatic rings. The van der Waals surface area contributed by atoms with Crippen molar-refractivity contribution in [2.75, 3.05) is 0 Å². The Morgan fingerprint density at radius 2 is 1.88 bits per heavy atom. The summed E-state index contributed by atoms with van der Waals surface area (Å²) in [5.41, 5.74) is 2.00. The topological polar surface area (TPSA) is 25.8 Å². The number of rotatable bonds is 3. The van der Waals surface area contributed by atoms with E-state index in [1.165, 1.54) is 0 Å². The first-order valence-electron chi connectivity index (χ1n) is 5.38. The molecule has 0 saturated carbocycles. The third-order valence-corrected chi connectivity index (χ3v) is 3.29. The van der Waals surface area contributed by atoms with E-state index in [2.05, 4.69) is 9.97 Å². The summed E-state index contributed by atoms with van der Waals surface area (Å²) >= 11 is 12.0. The van der Waals surface area contributed by atoms with E-state index < -0.39 is 0 Å². The molecule has 0 aliphatic carbocycles. The lowest BCUT2D eigenvalue weighted by Gasteiger charge is -2.04. The number of aromatic nitrogens is 2. The minimum Gasteiger partial charge on any atom is -0.241 e. The molecular formula is C13H12Cl2N2. The van der Waals surface area contributed by atoms with Gasteiger partial charge in [0.1, 0.15) is 11.0 Å². The predicted octanol–water partition coefficient (Wildman–Crippen LogP) is 3.88. The van der Waals surface area contributed by atoms with E-state index in [0.29, 0.717) is 5.15 Å². The SMILES string of the molecule is Cc1cnc(CCc2ccccc2Cl)nc1Cl. The van der Waals surface area contributed by atoms with Crippen molar-refractivity contribution >= 4 is 23.2 Å². The van der Waals surface area contributed by atoms with Crippen LogP contribution in [0.4, 0.5) is 0 Å². The second-order valence-electron chi connectivity index (χ2n) is 3.85. The number of nitrogens with zero attached hydrogens (tertiary/aromatic N) is 2. The van der Waals surface area contributed by atoms with Gasteiger partial charge in [0, 0.05) is 23.2 Å². The van der Waals surface area contributed by atoms with Crippen molar-refractivity contribution in [3.63, 3.8) is 0 Å². The van der Waals surface area contributed by atoms with E-state index in [-0.39, 0.29) is 0 Å². The van der Waals surface area contributed by atoms with Crippen molar-refractivity contribution in [2.24, 2.45) is 0 Å². The summed E-state index contributed by atoms with van der Waals surface area (Å²) in [4.78, 5) is 8.47. The second kappa shape index (κ2) is 5.48. The molecule has 0 spiro atoms. The number of hydrogen-bond donors (Lipinski definition) is 0. The molecule has 1 aromatic heterocycles. The Morgan fingerprint density at radius 3 is 2.59 bits per heavy atom. The molecule has 0 fully saturated rings. The van der Waals surface area contributed by atoms with Gasteiger partial charge < -0.3 is 0 Å². The average molecular weight is 267 g/mol. The number of aryl methyl sites for hydroxylation is 3. The van der Waals surface area contributed by atoms with Gasteiger partial charge in [0.05, 0.1) is 0 Å². The predicted molar refractivity (Wildman–Crippen MR) is 70.6 cm³/mol. The molecule has 2 aromatic rings. The minimum absolute atomic E-state index is 0.522. The lowest BCUT2D eigenvalue weighted by Crippen LogP contribution is -1.99. The van der Waals surface area contributed by atoms with E-state index in [1.807, 2.05) is 31.2 Å². The minimum atomic E-state index is 0.522. The Labute approximate surface area is 111 Å². The second-order valence-corrected chi connectivity index (χ2v) is 4.62. The number of halogens is 2. The molecule has 4 heteroatoms. The van der Waals surface area contributed by atoms with Crippen LogP contribution in [0.5, 0.6) is 0 Å². The quantitative estimate of drug-likeness (QED) is 0.789. The molecule has 0 saturated heterocycles. The normalized spacial score (nSPS) is 10.5. The van der Waals surface area contributed by atoms with Crippen LogP contribution in [0.15, 0.2) is 30.5 Å². The summed E-state index contributed by atoms with van der Waals surface area (Å²) in [6, 6.07) is 7.80. The molecular weight excluding hydrogens is 255 g/mol. The van der Waals surface area contributed by atoms with E-state index in [1.54, 1.807) is 6.20 Å². The highest BCUT2D eigenvalue weighted by molar-refractivity contribution is 6.31. The average Bonchev–Trinajstić information content (AvgIpc) is 2.32. The van der Waals surface area contributed by atoms with Gasteiger partial charge in [-0.15, -0.1) is 0 Å². The fourth-order valence-corrected chi connectivity index (χ4v) is 1.90. The summed E-state index contributed by atoms with van der Waals surface area (Å²) in [5.74, 6) is 0.750. The van der Waals surface area contributed by atoms with Gasteiger partial charge in [-0.25, -0.2) is 9.97 Å². The van der Waals surface area contributed by atoms with Gasteiger partial charge >= 0.3 is 0 Å². The molecule has 0 N–H and O–H groups in total. The summed E-state index contributed by atoms with van der Waals surface area (Å²) in [6.45, 7) is 1.89. The maximum atomic E-state index is 6.08. The molecule has 0 atom stereocenters. The first-order chi connectivity index (χ1) is 8.16. The summed E-state index contributed by atoms with van der Waals surface area (Å²) in [6.07, 6.45) is 3.31. The van der Waals surface area contributed by atoms with Crippen LogP contribution in [0.2, 0.25) is 10.2 Å². The van der Waals surface area contributed by atoms with Crippen LogP contribution >= 0.6 is 23.2 Å². The fraction of sp³-hybridized carbons (Fsp3) is 0.231. The Bertz CT molecular complexity index is 527. The summed E-state index contributed by atoms with van der Waals surface area (Å²) in [7, 11) is 0. The van der Waals surface area contributed by atoms with Crippen LogP contribution in [-0.4, -0.2) is 9.97 Å². The third kappa shape index (κ3) is 3.18. The largest absolute Gasteiger partial charge is 0.241 e. The van der Waals surface area contributed by atoms with Gasteiger partial charge in [-0.05, 0) is 25.0 Å². The van der Waals surface area contributed by atoms with Crippen LogP contribution in [0.1, 0.15) is 17.0 Å². The maximum absolute atomic E-state index is 6.08. The standard InChI is InChI=1S/C13H12Cl2N2/c1-9-8-16-12(17-13(9)15)7-6-10-4-2-3-5-11(10)14/h2-5,8H,6-7H2,1H3. The first kappa shape index (κ1) is 12.3. The van der Waals surface area contributed by atoms with Crippen molar-refractivity contribution in [1.29, 1.82) is 0 Å². The summed E-state index contributed by atoms with van der Waals surface area (Å²) < 4.78 is 0. The molecule has 2 rings (SSSR count). The molecule has 17 heavy (non-hydrogen) atoms. The van der Waals surface area contributed by atoms with E-state index in [0.717, 1.165) is 34.8 Å². The summed E-state index contributed by atoms with van der Waals surface area (Å²) in [5, 5.41) is 1.31. The zero-order valence-electron chi connectivity index (χ0n) is 9.45. The van der Waals surface area contributed by atoms with Crippen LogP contribution in [-0.2, 0) is 12.8 Å².